The van der Waals surface area contributed by atoms with E-state index in [4.69, 9.17) is 0 Å². The van der Waals surface area contributed by atoms with Gasteiger partial charge in [0, 0.05) is 41.2 Å². The molecule has 6 nitrogen and oxygen atoms in total. The quantitative estimate of drug-likeness (QED) is 0.225. The third-order valence-corrected chi connectivity index (χ3v) is 8.08. The number of aliphatic imine (C=N–C) groups is 1. The van der Waals surface area contributed by atoms with Gasteiger partial charge in [-0.15, -0.1) is 0 Å². The Balaban J connectivity index is 1.13. The lowest BCUT2D eigenvalue weighted by molar-refractivity contribution is 0.477. The molecule has 0 unspecified atom stereocenters. The van der Waals surface area contributed by atoms with Crippen molar-refractivity contribution in [2.45, 2.75) is 26.9 Å². The molecule has 188 valence electrons. The Kier molecular flexibility index (Phi) is 5.30. The standard InChI is InChI=1S/C31H26BrN5O/c1-18-9-26-27(10-19(18)2)35-31(34-26)25-6-5-24(13-30(25)38)33-14-20-3-7-28-21(11-20)15-36-17-37(28)16-22-12-23(32)4-8-29(22)36/h3-14,38H,15-17H2,1-2H3,(H,34,35)/b33-14+. The second-order valence-corrected chi connectivity index (χ2v) is 11.1. The maximum Gasteiger partial charge on any atom is 0.142 e. The molecule has 1 aromatic heterocycles. The summed E-state index contributed by atoms with van der Waals surface area (Å²) in [6.07, 6.45) is 1.86. The summed E-state index contributed by atoms with van der Waals surface area (Å²) in [5.74, 6) is 0.800. The smallest absolute Gasteiger partial charge is 0.142 e. The number of halogens is 1. The molecule has 0 saturated heterocycles. The van der Waals surface area contributed by atoms with Crippen molar-refractivity contribution < 1.29 is 5.11 Å². The number of fused-ring (bicyclic) bond motifs is 7. The maximum atomic E-state index is 10.8. The summed E-state index contributed by atoms with van der Waals surface area (Å²) in [5, 5.41) is 10.8. The second-order valence-electron chi connectivity index (χ2n) is 10.2. The number of aromatic hydroxyl groups is 1. The van der Waals surface area contributed by atoms with E-state index in [1.54, 1.807) is 6.07 Å². The number of nitrogens with one attached hydrogen (secondary N) is 1. The molecule has 38 heavy (non-hydrogen) atoms. The first-order chi connectivity index (χ1) is 18.4. The van der Waals surface area contributed by atoms with Gasteiger partial charge in [-0.3, -0.25) is 4.99 Å². The molecular formula is C31H26BrN5O. The van der Waals surface area contributed by atoms with E-state index in [-0.39, 0.29) is 5.75 Å². The minimum Gasteiger partial charge on any atom is -0.507 e. The van der Waals surface area contributed by atoms with Gasteiger partial charge in [-0.05, 0) is 96.3 Å². The van der Waals surface area contributed by atoms with E-state index >= 15 is 0 Å². The van der Waals surface area contributed by atoms with Crippen LogP contribution in [0.2, 0.25) is 0 Å². The van der Waals surface area contributed by atoms with Crippen molar-refractivity contribution in [2.75, 3.05) is 16.5 Å². The highest BCUT2D eigenvalue weighted by atomic mass is 79.9. The number of anilines is 2. The van der Waals surface area contributed by atoms with Crippen LogP contribution in [0.25, 0.3) is 22.4 Å². The molecule has 5 aromatic rings. The number of imidazole rings is 1. The Labute approximate surface area is 229 Å². The first kappa shape index (κ1) is 23.0. The van der Waals surface area contributed by atoms with Crippen LogP contribution in [0.3, 0.4) is 0 Å². The monoisotopic (exact) mass is 563 g/mol. The second kappa shape index (κ2) is 8.74. The van der Waals surface area contributed by atoms with E-state index in [1.165, 1.54) is 33.6 Å². The average Bonchev–Trinajstić information content (AvgIpc) is 3.29. The lowest BCUT2D eigenvalue weighted by Gasteiger charge is -2.44. The van der Waals surface area contributed by atoms with E-state index in [0.717, 1.165) is 40.8 Å². The van der Waals surface area contributed by atoms with Gasteiger partial charge in [-0.25, -0.2) is 4.98 Å². The van der Waals surface area contributed by atoms with Gasteiger partial charge in [0.1, 0.15) is 11.6 Å². The fourth-order valence-corrected chi connectivity index (χ4v) is 5.91. The predicted molar refractivity (Wildman–Crippen MR) is 158 cm³/mol. The van der Waals surface area contributed by atoms with Crippen LogP contribution >= 0.6 is 15.9 Å². The summed E-state index contributed by atoms with van der Waals surface area (Å²) < 4.78 is 1.12. The topological polar surface area (TPSA) is 67.8 Å². The molecule has 0 saturated carbocycles. The zero-order chi connectivity index (χ0) is 26.0. The van der Waals surface area contributed by atoms with Gasteiger partial charge >= 0.3 is 0 Å². The van der Waals surface area contributed by atoms with E-state index in [2.05, 4.69) is 103 Å². The molecule has 0 aliphatic carbocycles. The number of aryl methyl sites for hydroxylation is 2. The van der Waals surface area contributed by atoms with Crippen molar-refractivity contribution in [2.24, 2.45) is 4.99 Å². The number of H-pyrrole nitrogens is 1. The molecule has 2 N–H and O–H groups in total. The largest absolute Gasteiger partial charge is 0.507 e. The lowest BCUT2D eigenvalue weighted by Crippen LogP contribution is -2.46. The number of aromatic nitrogens is 2. The maximum absolute atomic E-state index is 10.8. The number of phenols is 1. The number of aromatic amines is 1. The van der Waals surface area contributed by atoms with Crippen molar-refractivity contribution in [3.05, 3.63) is 99.0 Å². The van der Waals surface area contributed by atoms with E-state index in [1.807, 2.05) is 18.3 Å². The van der Waals surface area contributed by atoms with Crippen molar-refractivity contribution in [1.29, 1.82) is 0 Å². The molecule has 0 radical (unpaired) electrons. The van der Waals surface area contributed by atoms with Crippen LogP contribution < -0.4 is 9.80 Å². The fraction of sp³-hybridized carbons (Fsp3) is 0.161. The third-order valence-electron chi connectivity index (χ3n) is 7.59. The van der Waals surface area contributed by atoms with Crippen molar-refractivity contribution >= 4 is 50.2 Å². The Morgan fingerprint density at radius 3 is 2.42 bits per heavy atom. The van der Waals surface area contributed by atoms with Crippen LogP contribution in [-0.4, -0.2) is 28.0 Å². The summed E-state index contributed by atoms with van der Waals surface area (Å²) >= 11 is 3.61. The van der Waals surface area contributed by atoms with Gasteiger partial charge in [-0.2, -0.15) is 0 Å². The molecule has 0 atom stereocenters. The molecule has 7 rings (SSSR count). The Morgan fingerprint density at radius 2 is 1.63 bits per heavy atom. The number of phenolic OH excluding ortho intramolecular Hbond substituents is 1. The van der Waals surface area contributed by atoms with Gasteiger partial charge in [-0.1, -0.05) is 22.0 Å². The number of nitrogens with zero attached hydrogens (tertiary/aromatic N) is 4. The number of hydrogen-bond acceptors (Lipinski definition) is 5. The highest BCUT2D eigenvalue weighted by molar-refractivity contribution is 9.10. The zero-order valence-electron chi connectivity index (χ0n) is 21.2. The van der Waals surface area contributed by atoms with Crippen LogP contribution in [-0.2, 0) is 13.1 Å². The fourth-order valence-electron chi connectivity index (χ4n) is 5.50. The molecule has 0 spiro atoms. The Bertz CT molecular complexity index is 1730. The summed E-state index contributed by atoms with van der Waals surface area (Å²) in [6, 6.07) is 22.7. The minimum atomic E-state index is 0.149. The lowest BCUT2D eigenvalue weighted by atomic mass is 10.0. The summed E-state index contributed by atoms with van der Waals surface area (Å²) in [4.78, 5) is 17.5. The molecule has 0 fully saturated rings. The van der Waals surface area contributed by atoms with Crippen LogP contribution in [0, 0.1) is 13.8 Å². The van der Waals surface area contributed by atoms with Crippen LogP contribution in [0.15, 0.2) is 76.2 Å². The van der Waals surface area contributed by atoms with Gasteiger partial charge in [0.2, 0.25) is 0 Å². The Hall–Kier alpha value is -4.10. The molecule has 2 bridgehead atoms. The van der Waals surface area contributed by atoms with Gasteiger partial charge in [0.15, 0.2) is 0 Å². The molecule has 2 aliphatic rings. The van der Waals surface area contributed by atoms with E-state index in [9.17, 15) is 5.11 Å². The number of hydrogen-bond donors (Lipinski definition) is 2. The van der Waals surface area contributed by atoms with Crippen LogP contribution in [0.4, 0.5) is 17.1 Å². The predicted octanol–water partition coefficient (Wildman–Crippen LogP) is 7.36. The first-order valence-corrected chi connectivity index (χ1v) is 13.5. The van der Waals surface area contributed by atoms with E-state index in [0.29, 0.717) is 17.1 Å². The SMILES string of the molecule is Cc1cc2nc(-c3ccc(/N=C/c4ccc5c(c4)CN4CN5Cc5cc(Br)ccc54)cc3O)[nH]c2cc1C. The molecular weight excluding hydrogens is 538 g/mol. The Morgan fingerprint density at radius 1 is 0.895 bits per heavy atom. The molecule has 7 heteroatoms. The highest BCUT2D eigenvalue weighted by Crippen LogP contribution is 2.39. The van der Waals surface area contributed by atoms with Gasteiger partial charge in [0.25, 0.3) is 0 Å². The molecule has 4 aromatic carbocycles. The van der Waals surface area contributed by atoms with Gasteiger partial charge < -0.3 is 19.9 Å². The zero-order valence-corrected chi connectivity index (χ0v) is 22.7. The number of rotatable bonds is 3. The van der Waals surface area contributed by atoms with Crippen LogP contribution in [0.1, 0.15) is 27.8 Å². The normalized spacial score (nSPS) is 14.3. The van der Waals surface area contributed by atoms with Gasteiger partial charge in [0.05, 0.1) is 29.0 Å². The van der Waals surface area contributed by atoms with E-state index < -0.39 is 0 Å². The summed E-state index contributed by atoms with van der Waals surface area (Å²) in [7, 11) is 0. The van der Waals surface area contributed by atoms with Crippen molar-refractivity contribution in [3.8, 4) is 17.1 Å². The number of benzene rings is 4. The summed E-state index contributed by atoms with van der Waals surface area (Å²) in [6.45, 7) is 6.84. The van der Waals surface area contributed by atoms with Crippen LogP contribution in [0.5, 0.6) is 5.75 Å². The minimum absolute atomic E-state index is 0.149. The van der Waals surface area contributed by atoms with Crippen molar-refractivity contribution in [1.82, 2.24) is 9.97 Å². The molecule has 2 aliphatic heterocycles. The third kappa shape index (κ3) is 3.94. The first-order valence-electron chi connectivity index (χ1n) is 12.7. The molecule has 3 heterocycles. The highest BCUT2D eigenvalue weighted by Gasteiger charge is 2.29. The van der Waals surface area contributed by atoms with Crippen molar-refractivity contribution in [3.63, 3.8) is 0 Å². The summed E-state index contributed by atoms with van der Waals surface area (Å²) in [5.41, 5.74) is 11.9. The molecule has 0 amide bonds. The average molecular weight is 564 g/mol.